The molecule has 2 aliphatic rings. The minimum atomic E-state index is -3.67. The summed E-state index contributed by atoms with van der Waals surface area (Å²) in [4.78, 5) is 15.3. The highest BCUT2D eigenvalue weighted by Gasteiger charge is 2.29. The normalized spacial score (nSPS) is 18.8. The first-order valence-electron chi connectivity index (χ1n) is 11.0. The van der Waals surface area contributed by atoms with E-state index in [1.807, 2.05) is 0 Å². The SMILES string of the molecule is O=C(NC[C@@H](c1ccc(F)cc1)N1CCOCC1)c1cc(S(=O)(=O)N2CCCC2)ccc1Cl. The van der Waals surface area contributed by atoms with Crippen molar-refractivity contribution >= 4 is 27.5 Å². The lowest BCUT2D eigenvalue weighted by Crippen LogP contribution is -2.43. The van der Waals surface area contributed by atoms with Crippen LogP contribution in [0.25, 0.3) is 0 Å². The molecule has 4 rings (SSSR count). The maximum atomic E-state index is 13.4. The summed E-state index contributed by atoms with van der Waals surface area (Å²) < 4.78 is 46.1. The van der Waals surface area contributed by atoms with E-state index in [4.69, 9.17) is 16.3 Å². The number of ether oxygens (including phenoxy) is 1. The summed E-state index contributed by atoms with van der Waals surface area (Å²) in [5.41, 5.74) is 0.979. The van der Waals surface area contributed by atoms with E-state index < -0.39 is 15.9 Å². The van der Waals surface area contributed by atoms with E-state index in [0.29, 0.717) is 39.4 Å². The zero-order valence-electron chi connectivity index (χ0n) is 18.2. The van der Waals surface area contributed by atoms with Gasteiger partial charge in [-0.3, -0.25) is 9.69 Å². The maximum Gasteiger partial charge on any atom is 0.252 e. The van der Waals surface area contributed by atoms with Gasteiger partial charge in [0.25, 0.3) is 5.91 Å². The lowest BCUT2D eigenvalue weighted by Gasteiger charge is -2.35. The Morgan fingerprint density at radius 2 is 1.73 bits per heavy atom. The molecule has 2 saturated heterocycles. The second-order valence-electron chi connectivity index (χ2n) is 8.18. The number of hydrogen-bond acceptors (Lipinski definition) is 5. The fraction of sp³-hybridized carbons (Fsp3) is 0.435. The Balaban J connectivity index is 1.53. The largest absolute Gasteiger partial charge is 0.379 e. The van der Waals surface area contributed by atoms with Crippen LogP contribution in [0.2, 0.25) is 5.02 Å². The van der Waals surface area contributed by atoms with Gasteiger partial charge in [0.1, 0.15) is 5.82 Å². The average Bonchev–Trinajstić information content (AvgIpc) is 3.37. The molecule has 178 valence electrons. The molecule has 1 amide bonds. The first kappa shape index (κ1) is 24.1. The zero-order valence-corrected chi connectivity index (χ0v) is 19.7. The van der Waals surface area contributed by atoms with Crippen molar-refractivity contribution in [3.8, 4) is 0 Å². The number of nitrogens with one attached hydrogen (secondary N) is 1. The predicted molar refractivity (Wildman–Crippen MR) is 123 cm³/mol. The Morgan fingerprint density at radius 3 is 2.39 bits per heavy atom. The number of sulfonamides is 1. The summed E-state index contributed by atoms with van der Waals surface area (Å²) in [6, 6.07) is 10.2. The van der Waals surface area contributed by atoms with Crippen molar-refractivity contribution in [1.29, 1.82) is 0 Å². The third-order valence-corrected chi connectivity index (χ3v) is 8.31. The highest BCUT2D eigenvalue weighted by atomic mass is 35.5. The van der Waals surface area contributed by atoms with E-state index >= 15 is 0 Å². The summed E-state index contributed by atoms with van der Waals surface area (Å²) in [5.74, 6) is -0.787. The van der Waals surface area contributed by atoms with Gasteiger partial charge in [-0.2, -0.15) is 4.31 Å². The second kappa shape index (κ2) is 10.5. The van der Waals surface area contributed by atoms with Crippen molar-refractivity contribution in [1.82, 2.24) is 14.5 Å². The van der Waals surface area contributed by atoms with Gasteiger partial charge in [-0.1, -0.05) is 23.7 Å². The quantitative estimate of drug-likeness (QED) is 0.638. The third kappa shape index (κ3) is 5.55. The number of benzene rings is 2. The van der Waals surface area contributed by atoms with Gasteiger partial charge in [-0.05, 0) is 48.7 Å². The molecule has 0 radical (unpaired) electrons. The van der Waals surface area contributed by atoms with Crippen LogP contribution in [0.4, 0.5) is 4.39 Å². The van der Waals surface area contributed by atoms with Gasteiger partial charge >= 0.3 is 0 Å². The fourth-order valence-electron chi connectivity index (χ4n) is 4.23. The number of nitrogens with zero attached hydrogens (tertiary/aromatic N) is 2. The first-order chi connectivity index (χ1) is 15.9. The predicted octanol–water partition coefficient (Wildman–Crippen LogP) is 3.07. The summed E-state index contributed by atoms with van der Waals surface area (Å²) in [5, 5.41) is 3.07. The highest BCUT2D eigenvalue weighted by molar-refractivity contribution is 7.89. The molecule has 2 aliphatic heterocycles. The van der Waals surface area contributed by atoms with E-state index in [-0.39, 0.29) is 33.9 Å². The van der Waals surface area contributed by atoms with Crippen LogP contribution in [-0.4, -0.2) is 69.5 Å². The van der Waals surface area contributed by atoms with E-state index in [0.717, 1.165) is 18.4 Å². The van der Waals surface area contributed by atoms with Crippen LogP contribution >= 0.6 is 11.6 Å². The molecule has 33 heavy (non-hydrogen) atoms. The molecular formula is C23H27ClFN3O4S. The topological polar surface area (TPSA) is 79.0 Å². The smallest absolute Gasteiger partial charge is 0.252 e. The highest BCUT2D eigenvalue weighted by Crippen LogP contribution is 2.26. The summed E-state index contributed by atoms with van der Waals surface area (Å²) in [6.45, 7) is 3.73. The standard InChI is InChI=1S/C23H27ClFN3O4S/c24-21-8-7-19(33(30,31)28-9-1-2-10-28)15-20(21)23(29)26-16-22(27-11-13-32-14-12-27)17-3-5-18(25)6-4-17/h3-8,15,22H,1-2,9-14,16H2,(H,26,29)/t22-/m0/s1. The van der Waals surface area contributed by atoms with Crippen LogP contribution < -0.4 is 5.32 Å². The Morgan fingerprint density at radius 1 is 1.06 bits per heavy atom. The van der Waals surface area contributed by atoms with Gasteiger partial charge < -0.3 is 10.1 Å². The molecule has 0 aliphatic carbocycles. The van der Waals surface area contributed by atoms with Crippen molar-refractivity contribution in [3.05, 3.63) is 64.4 Å². The first-order valence-corrected chi connectivity index (χ1v) is 12.8. The number of morpholine rings is 1. The van der Waals surface area contributed by atoms with Gasteiger partial charge in [0.15, 0.2) is 0 Å². The van der Waals surface area contributed by atoms with Crippen molar-refractivity contribution in [2.24, 2.45) is 0 Å². The van der Waals surface area contributed by atoms with Crippen LogP contribution in [0.1, 0.15) is 34.8 Å². The number of hydrogen-bond donors (Lipinski definition) is 1. The summed E-state index contributed by atoms with van der Waals surface area (Å²) >= 11 is 6.26. The number of amides is 1. The number of carbonyl (C=O) groups is 1. The van der Waals surface area contributed by atoms with Gasteiger partial charge in [0, 0.05) is 32.7 Å². The Hall–Kier alpha value is -2.04. The van der Waals surface area contributed by atoms with Crippen LogP contribution in [0.15, 0.2) is 47.4 Å². The molecule has 0 saturated carbocycles. The van der Waals surface area contributed by atoms with E-state index in [9.17, 15) is 17.6 Å². The van der Waals surface area contributed by atoms with Crippen molar-refractivity contribution in [3.63, 3.8) is 0 Å². The molecule has 0 bridgehead atoms. The van der Waals surface area contributed by atoms with E-state index in [1.165, 1.54) is 34.6 Å². The molecule has 1 N–H and O–H groups in total. The van der Waals surface area contributed by atoms with Crippen molar-refractivity contribution in [2.45, 2.75) is 23.8 Å². The molecule has 1 atom stereocenters. The Labute approximate surface area is 198 Å². The Kier molecular flexibility index (Phi) is 7.65. The van der Waals surface area contributed by atoms with Crippen LogP contribution in [0, 0.1) is 5.82 Å². The average molecular weight is 496 g/mol. The molecule has 0 unspecified atom stereocenters. The lowest BCUT2D eigenvalue weighted by atomic mass is 10.0. The zero-order chi connectivity index (χ0) is 23.4. The van der Waals surface area contributed by atoms with Crippen LogP contribution in [-0.2, 0) is 14.8 Å². The van der Waals surface area contributed by atoms with Gasteiger partial charge in [-0.15, -0.1) is 0 Å². The summed E-state index contributed by atoms with van der Waals surface area (Å²) in [7, 11) is -3.67. The molecule has 0 aromatic heterocycles. The third-order valence-electron chi connectivity index (χ3n) is 6.08. The van der Waals surface area contributed by atoms with Crippen LogP contribution in [0.3, 0.4) is 0 Å². The van der Waals surface area contributed by atoms with Gasteiger partial charge in [0.2, 0.25) is 10.0 Å². The molecule has 2 aromatic rings. The molecule has 10 heteroatoms. The molecule has 2 fully saturated rings. The van der Waals surface area contributed by atoms with Crippen molar-refractivity contribution in [2.75, 3.05) is 45.9 Å². The monoisotopic (exact) mass is 495 g/mol. The van der Waals surface area contributed by atoms with Crippen molar-refractivity contribution < 1.29 is 22.3 Å². The van der Waals surface area contributed by atoms with E-state index in [2.05, 4.69) is 10.2 Å². The summed E-state index contributed by atoms with van der Waals surface area (Å²) in [6.07, 6.45) is 1.65. The number of carbonyl (C=O) groups excluding carboxylic acids is 1. The molecule has 0 spiro atoms. The van der Waals surface area contributed by atoms with Gasteiger partial charge in [0.05, 0.1) is 34.7 Å². The molecule has 7 nitrogen and oxygen atoms in total. The fourth-order valence-corrected chi connectivity index (χ4v) is 5.98. The number of rotatable bonds is 7. The molecule has 2 heterocycles. The van der Waals surface area contributed by atoms with Crippen LogP contribution in [0.5, 0.6) is 0 Å². The van der Waals surface area contributed by atoms with E-state index in [1.54, 1.807) is 12.1 Å². The van der Waals surface area contributed by atoms with Gasteiger partial charge in [-0.25, -0.2) is 12.8 Å². The maximum absolute atomic E-state index is 13.4. The Bertz CT molecular complexity index is 1090. The second-order valence-corrected chi connectivity index (χ2v) is 10.5. The lowest BCUT2D eigenvalue weighted by molar-refractivity contribution is 0.0162. The minimum Gasteiger partial charge on any atom is -0.379 e. The molecular weight excluding hydrogens is 469 g/mol. The minimum absolute atomic E-state index is 0.0576. The number of halogens is 2. The molecule has 2 aromatic carbocycles.